The van der Waals surface area contributed by atoms with E-state index in [0.717, 1.165) is 0 Å². The zero-order chi connectivity index (χ0) is 16.4. The Balaban J connectivity index is 2.86. The van der Waals surface area contributed by atoms with Crippen LogP contribution in [0.1, 0.15) is 41.5 Å². The maximum absolute atomic E-state index is 12.1. The topological polar surface area (TPSA) is 76.0 Å². The molecule has 1 amide bonds. The number of hydrogen-bond acceptors (Lipinski definition) is 4. The van der Waals surface area contributed by atoms with Crippen LogP contribution in [0.4, 0.5) is 5.69 Å². The Morgan fingerprint density at radius 3 is 2.33 bits per heavy atom. The number of nitrogens with zero attached hydrogens (tertiary/aromatic N) is 2. The lowest BCUT2D eigenvalue weighted by atomic mass is 10.1. The molecule has 6 nitrogen and oxygen atoms in total. The van der Waals surface area contributed by atoms with Gasteiger partial charge in [-0.1, -0.05) is 11.6 Å². The van der Waals surface area contributed by atoms with Gasteiger partial charge >= 0.3 is 0 Å². The number of carbonyl (C=O) groups is 1. The molecule has 2 N–H and O–H groups in total. The summed E-state index contributed by atoms with van der Waals surface area (Å²) in [6, 6.07) is 0. The number of amides is 1. The Kier molecular flexibility index (Phi) is 5.04. The van der Waals surface area contributed by atoms with Gasteiger partial charge in [-0.25, -0.2) is 4.68 Å². The minimum atomic E-state index is -0.455. The van der Waals surface area contributed by atoms with Crippen LogP contribution < -0.4 is 16.2 Å². The van der Waals surface area contributed by atoms with Crippen molar-refractivity contribution in [3.63, 3.8) is 0 Å². The van der Waals surface area contributed by atoms with E-state index in [-0.39, 0.29) is 28.6 Å². The third-order valence-electron chi connectivity index (χ3n) is 2.51. The Morgan fingerprint density at radius 2 is 1.86 bits per heavy atom. The highest BCUT2D eigenvalue weighted by atomic mass is 35.5. The number of hydrogen-bond donors (Lipinski definition) is 2. The van der Waals surface area contributed by atoms with Gasteiger partial charge in [0.05, 0.1) is 24.0 Å². The van der Waals surface area contributed by atoms with Gasteiger partial charge in [0.25, 0.3) is 5.56 Å². The molecule has 0 saturated carbocycles. The molecule has 0 spiro atoms. The molecular weight excluding hydrogens is 292 g/mol. The van der Waals surface area contributed by atoms with Crippen LogP contribution in [0.25, 0.3) is 0 Å². The molecular formula is C14H23ClN4O2. The third kappa shape index (κ3) is 5.04. The molecule has 0 aliphatic carbocycles. The van der Waals surface area contributed by atoms with E-state index in [9.17, 15) is 9.59 Å². The molecule has 0 atom stereocenters. The van der Waals surface area contributed by atoms with E-state index in [4.69, 9.17) is 11.6 Å². The highest BCUT2D eigenvalue weighted by molar-refractivity contribution is 6.33. The highest BCUT2D eigenvalue weighted by Gasteiger charge is 2.20. The standard InChI is InChI=1S/C14H23ClN4O2/c1-13(2,3)18-10(20)8-16-9-7-17-19(14(4,5)6)12(21)11(9)15/h7,16H,8H2,1-6H3,(H,18,20). The van der Waals surface area contributed by atoms with Crippen molar-refractivity contribution in [2.45, 2.75) is 52.6 Å². The minimum Gasteiger partial charge on any atom is -0.373 e. The van der Waals surface area contributed by atoms with Gasteiger partial charge in [-0.3, -0.25) is 9.59 Å². The maximum atomic E-state index is 12.1. The average Bonchev–Trinajstić information content (AvgIpc) is 2.27. The van der Waals surface area contributed by atoms with Gasteiger partial charge < -0.3 is 10.6 Å². The second-order valence-corrected chi connectivity index (χ2v) is 7.29. The largest absolute Gasteiger partial charge is 0.373 e. The van der Waals surface area contributed by atoms with Gasteiger partial charge in [-0.05, 0) is 41.5 Å². The van der Waals surface area contributed by atoms with Crippen molar-refractivity contribution in [3.8, 4) is 0 Å². The minimum absolute atomic E-state index is 0.0254. The molecule has 0 aliphatic rings. The number of anilines is 1. The molecule has 0 bridgehead atoms. The summed E-state index contributed by atoms with van der Waals surface area (Å²) >= 11 is 6.05. The summed E-state index contributed by atoms with van der Waals surface area (Å²) in [5.41, 5.74) is -0.795. The Labute approximate surface area is 129 Å². The first-order valence-corrected chi connectivity index (χ1v) is 7.13. The average molecular weight is 315 g/mol. The molecule has 0 aliphatic heterocycles. The van der Waals surface area contributed by atoms with Crippen molar-refractivity contribution < 1.29 is 4.79 Å². The second-order valence-electron chi connectivity index (χ2n) is 6.91. The predicted molar refractivity (Wildman–Crippen MR) is 84.9 cm³/mol. The summed E-state index contributed by atoms with van der Waals surface area (Å²) < 4.78 is 1.32. The van der Waals surface area contributed by atoms with Gasteiger partial charge in [0, 0.05) is 5.54 Å². The molecule has 0 unspecified atom stereocenters. The normalized spacial score (nSPS) is 12.1. The predicted octanol–water partition coefficient (Wildman–Crippen LogP) is 1.98. The lowest BCUT2D eigenvalue weighted by molar-refractivity contribution is -0.120. The van der Waals surface area contributed by atoms with Crippen LogP contribution in [0, 0.1) is 0 Å². The van der Waals surface area contributed by atoms with E-state index < -0.39 is 5.54 Å². The first-order chi connectivity index (χ1) is 9.42. The molecule has 1 heterocycles. The number of nitrogens with one attached hydrogen (secondary N) is 2. The zero-order valence-corrected chi connectivity index (χ0v) is 14.1. The SMILES string of the molecule is CC(C)(C)NC(=O)CNc1cnn(C(C)(C)C)c(=O)c1Cl. The second kappa shape index (κ2) is 6.05. The summed E-state index contributed by atoms with van der Waals surface area (Å²) in [7, 11) is 0. The van der Waals surface area contributed by atoms with E-state index in [2.05, 4.69) is 15.7 Å². The maximum Gasteiger partial charge on any atom is 0.288 e. The van der Waals surface area contributed by atoms with Crippen LogP contribution >= 0.6 is 11.6 Å². The van der Waals surface area contributed by atoms with Crippen molar-refractivity contribution in [1.29, 1.82) is 0 Å². The van der Waals surface area contributed by atoms with E-state index in [0.29, 0.717) is 5.69 Å². The van der Waals surface area contributed by atoms with Crippen molar-refractivity contribution in [2.24, 2.45) is 0 Å². The van der Waals surface area contributed by atoms with Crippen LogP contribution in [-0.4, -0.2) is 27.8 Å². The lowest BCUT2D eigenvalue weighted by Crippen LogP contribution is -2.43. The quantitative estimate of drug-likeness (QED) is 0.894. The fourth-order valence-corrected chi connectivity index (χ4v) is 1.87. The molecule has 1 aromatic rings. The van der Waals surface area contributed by atoms with E-state index in [1.807, 2.05) is 41.5 Å². The summed E-state index contributed by atoms with van der Waals surface area (Å²) in [6.45, 7) is 11.3. The Bertz CT molecular complexity index is 582. The Hall–Kier alpha value is -1.56. The Morgan fingerprint density at radius 1 is 1.29 bits per heavy atom. The van der Waals surface area contributed by atoms with Gasteiger partial charge in [-0.2, -0.15) is 5.10 Å². The van der Waals surface area contributed by atoms with Crippen LogP contribution in [-0.2, 0) is 10.3 Å². The molecule has 0 fully saturated rings. The molecule has 0 aromatic carbocycles. The van der Waals surface area contributed by atoms with E-state index in [1.165, 1.54) is 10.9 Å². The van der Waals surface area contributed by atoms with Gasteiger partial charge in [-0.15, -0.1) is 0 Å². The lowest BCUT2D eigenvalue weighted by Gasteiger charge is -2.22. The van der Waals surface area contributed by atoms with Crippen molar-refractivity contribution in [2.75, 3.05) is 11.9 Å². The molecule has 7 heteroatoms. The molecule has 1 rings (SSSR count). The molecule has 118 valence electrons. The summed E-state index contributed by atoms with van der Waals surface area (Å²) in [4.78, 5) is 23.9. The van der Waals surface area contributed by atoms with Gasteiger partial charge in [0.15, 0.2) is 0 Å². The fraction of sp³-hybridized carbons (Fsp3) is 0.643. The zero-order valence-electron chi connectivity index (χ0n) is 13.4. The van der Waals surface area contributed by atoms with Crippen LogP contribution in [0.5, 0.6) is 0 Å². The number of carbonyl (C=O) groups excluding carboxylic acids is 1. The first kappa shape index (κ1) is 17.5. The van der Waals surface area contributed by atoms with E-state index in [1.54, 1.807) is 0 Å². The van der Waals surface area contributed by atoms with Crippen LogP contribution in [0.15, 0.2) is 11.0 Å². The van der Waals surface area contributed by atoms with E-state index >= 15 is 0 Å². The smallest absolute Gasteiger partial charge is 0.288 e. The third-order valence-corrected chi connectivity index (χ3v) is 2.87. The van der Waals surface area contributed by atoms with Crippen LogP contribution in [0.3, 0.4) is 0 Å². The van der Waals surface area contributed by atoms with Crippen molar-refractivity contribution in [3.05, 3.63) is 21.6 Å². The first-order valence-electron chi connectivity index (χ1n) is 6.75. The number of rotatable bonds is 3. The van der Waals surface area contributed by atoms with Crippen molar-refractivity contribution in [1.82, 2.24) is 15.1 Å². The molecule has 0 radical (unpaired) electrons. The number of halogens is 1. The van der Waals surface area contributed by atoms with Gasteiger partial charge in [0.1, 0.15) is 5.02 Å². The summed E-state index contributed by atoms with van der Waals surface area (Å²) in [5, 5.41) is 9.77. The summed E-state index contributed by atoms with van der Waals surface area (Å²) in [5.74, 6) is -0.182. The highest BCUT2D eigenvalue weighted by Crippen LogP contribution is 2.18. The number of aromatic nitrogens is 2. The van der Waals surface area contributed by atoms with Crippen LogP contribution in [0.2, 0.25) is 5.02 Å². The molecule has 1 aromatic heterocycles. The molecule has 21 heavy (non-hydrogen) atoms. The monoisotopic (exact) mass is 314 g/mol. The van der Waals surface area contributed by atoms with Gasteiger partial charge in [0.2, 0.25) is 5.91 Å². The fourth-order valence-electron chi connectivity index (χ4n) is 1.67. The molecule has 0 saturated heterocycles. The van der Waals surface area contributed by atoms with Crippen molar-refractivity contribution >= 4 is 23.2 Å². The summed E-state index contributed by atoms with van der Waals surface area (Å²) in [6.07, 6.45) is 1.46.